The van der Waals surface area contributed by atoms with Crippen LogP contribution < -0.4 is 0 Å². The Bertz CT molecular complexity index is 402. The number of hydrogen-bond acceptors (Lipinski definition) is 7. The molecule has 1 heterocycles. The van der Waals surface area contributed by atoms with Gasteiger partial charge < -0.3 is 14.7 Å². The van der Waals surface area contributed by atoms with Crippen molar-refractivity contribution in [1.29, 1.82) is 0 Å². The van der Waals surface area contributed by atoms with E-state index in [-0.39, 0.29) is 0 Å². The Morgan fingerprint density at radius 3 is 1.64 bits per heavy atom. The summed E-state index contributed by atoms with van der Waals surface area (Å²) in [6, 6.07) is 0. The quantitative estimate of drug-likeness (QED) is 0.441. The molecule has 1 rings (SSSR count). The number of rotatable bonds is 4. The lowest BCUT2D eigenvalue weighted by Crippen LogP contribution is -2.40. The van der Waals surface area contributed by atoms with Crippen LogP contribution in [0.25, 0.3) is 0 Å². The summed E-state index contributed by atoms with van der Waals surface area (Å²) >= 11 is 17.4. The number of thioether (sulfide) groups is 1. The van der Waals surface area contributed by atoms with Crippen molar-refractivity contribution in [3.05, 3.63) is 0 Å². The fourth-order valence-corrected chi connectivity index (χ4v) is 5.84. The van der Waals surface area contributed by atoms with Crippen molar-refractivity contribution in [2.24, 2.45) is 0 Å². The smallest absolute Gasteiger partial charge is 0.147 e. The van der Waals surface area contributed by atoms with Gasteiger partial charge in [0.1, 0.15) is 13.0 Å². The van der Waals surface area contributed by atoms with Gasteiger partial charge >= 0.3 is 0 Å². The molecule has 25 heavy (non-hydrogen) atoms. The van der Waals surface area contributed by atoms with Crippen LogP contribution in [0.5, 0.6) is 0 Å². The van der Waals surface area contributed by atoms with Crippen LogP contribution in [0.1, 0.15) is 27.7 Å². The zero-order chi connectivity index (χ0) is 19.4. The molecular formula is C15H30N4S6. The molecule has 0 spiro atoms. The Morgan fingerprint density at radius 2 is 1.36 bits per heavy atom. The van der Waals surface area contributed by atoms with Crippen LogP contribution in [0, 0.1) is 0 Å². The first-order chi connectivity index (χ1) is 11.8. The topological polar surface area (TPSA) is 13.0 Å². The Labute approximate surface area is 182 Å². The molecule has 1 aliphatic rings. The molecule has 0 N–H and O–H groups in total. The van der Waals surface area contributed by atoms with Crippen LogP contribution in [-0.4, -0.2) is 85.4 Å². The second kappa shape index (κ2) is 14.7. The zero-order valence-corrected chi connectivity index (χ0v) is 20.9. The summed E-state index contributed by atoms with van der Waals surface area (Å²) in [5.74, 6) is 1.03. The second-order valence-corrected chi connectivity index (χ2v) is 10.3. The van der Waals surface area contributed by atoms with Gasteiger partial charge in [0.2, 0.25) is 0 Å². The van der Waals surface area contributed by atoms with Gasteiger partial charge in [-0.15, -0.1) is 0 Å². The van der Waals surface area contributed by atoms with E-state index in [1.54, 1.807) is 33.3 Å². The maximum Gasteiger partial charge on any atom is 0.147 e. The summed E-state index contributed by atoms with van der Waals surface area (Å²) in [5, 5.41) is 0. The fraction of sp³-hybridized carbons (Fsp3) is 0.800. The first-order valence-electron chi connectivity index (χ1n) is 8.29. The molecular weight excluding hydrogens is 429 g/mol. The molecule has 0 unspecified atom stereocenters. The van der Waals surface area contributed by atoms with Gasteiger partial charge in [-0.1, -0.05) is 48.4 Å². The summed E-state index contributed by atoms with van der Waals surface area (Å²) in [6.07, 6.45) is 0. The lowest BCUT2D eigenvalue weighted by atomic mass is 10.6. The summed E-state index contributed by atoms with van der Waals surface area (Å²) in [6.45, 7) is 13.3. The Morgan fingerprint density at radius 1 is 0.960 bits per heavy atom. The first-order valence-corrected chi connectivity index (χ1v) is 12.6. The predicted molar refractivity (Wildman–Crippen MR) is 132 cm³/mol. The summed E-state index contributed by atoms with van der Waals surface area (Å²) in [5.41, 5.74) is 0. The largest absolute Gasteiger partial charge is 0.357 e. The third-order valence-corrected chi connectivity index (χ3v) is 8.93. The Balaban J connectivity index is 0.000000535. The molecule has 0 saturated carbocycles. The summed E-state index contributed by atoms with van der Waals surface area (Å²) < 4.78 is 2.85. The molecule has 0 amide bonds. The van der Waals surface area contributed by atoms with Gasteiger partial charge in [-0.05, 0) is 56.3 Å². The van der Waals surface area contributed by atoms with Crippen molar-refractivity contribution in [3.63, 3.8) is 0 Å². The van der Waals surface area contributed by atoms with Crippen LogP contribution >= 0.6 is 70.0 Å². The van der Waals surface area contributed by atoms with Crippen LogP contribution in [0.3, 0.4) is 0 Å². The molecule has 1 aliphatic heterocycles. The van der Waals surface area contributed by atoms with E-state index < -0.39 is 0 Å². The van der Waals surface area contributed by atoms with E-state index in [0.717, 1.165) is 51.7 Å². The number of thiocarbonyl (C=S) groups is 3. The molecule has 0 aromatic rings. The molecule has 10 heteroatoms. The molecule has 1 saturated heterocycles. The SMILES string of the molecule is CCN(CC)C(=S)SSC(=S)N(CC)CC.CN1CSC(=S)N(C)C1. The molecule has 0 aromatic carbocycles. The van der Waals surface area contributed by atoms with Crippen LogP contribution in [0.4, 0.5) is 0 Å². The van der Waals surface area contributed by atoms with Crippen LogP contribution in [-0.2, 0) is 0 Å². The Kier molecular flexibility index (Phi) is 15.1. The molecule has 146 valence electrons. The number of hydrogen-bond donors (Lipinski definition) is 0. The molecule has 0 aliphatic carbocycles. The van der Waals surface area contributed by atoms with Gasteiger partial charge in [0.15, 0.2) is 0 Å². The highest BCUT2D eigenvalue weighted by Crippen LogP contribution is 2.28. The third kappa shape index (κ3) is 10.6. The molecule has 4 nitrogen and oxygen atoms in total. The maximum absolute atomic E-state index is 5.34. The summed E-state index contributed by atoms with van der Waals surface area (Å²) in [7, 11) is 7.29. The molecule has 0 atom stereocenters. The fourth-order valence-electron chi connectivity index (χ4n) is 1.88. The van der Waals surface area contributed by atoms with Gasteiger partial charge in [-0.3, -0.25) is 4.90 Å². The minimum Gasteiger partial charge on any atom is -0.357 e. The van der Waals surface area contributed by atoms with Crippen molar-refractivity contribution in [1.82, 2.24) is 19.6 Å². The monoisotopic (exact) mass is 458 g/mol. The van der Waals surface area contributed by atoms with Crippen molar-refractivity contribution >= 4 is 83.0 Å². The normalized spacial score (nSPS) is 14.6. The Hall–Kier alpha value is 0.680. The predicted octanol–water partition coefficient (Wildman–Crippen LogP) is 4.42. The third-order valence-electron chi connectivity index (χ3n) is 3.40. The minimum absolute atomic E-state index is 0.921. The first kappa shape index (κ1) is 25.7. The molecule has 0 bridgehead atoms. The van der Waals surface area contributed by atoms with E-state index in [0.29, 0.717) is 0 Å². The standard InChI is InChI=1S/C10H20N2S4.C5H10N2S2/c1-5-11(6-2)9(13)15-16-10(14)12(7-3)8-4;1-6-3-7(2)5(8)9-4-6/h5-8H2,1-4H3;3-4H2,1-2H3. The van der Waals surface area contributed by atoms with E-state index in [1.807, 2.05) is 7.05 Å². The number of nitrogens with zero attached hydrogens (tertiary/aromatic N) is 4. The highest BCUT2D eigenvalue weighted by molar-refractivity contribution is 8.89. The molecule has 0 aromatic heterocycles. The highest BCUT2D eigenvalue weighted by Gasteiger charge is 2.14. The van der Waals surface area contributed by atoms with E-state index in [9.17, 15) is 0 Å². The van der Waals surface area contributed by atoms with Gasteiger partial charge in [0.25, 0.3) is 0 Å². The van der Waals surface area contributed by atoms with Crippen molar-refractivity contribution in [2.75, 3.05) is 52.8 Å². The lowest BCUT2D eigenvalue weighted by Gasteiger charge is -2.31. The lowest BCUT2D eigenvalue weighted by molar-refractivity contribution is 0.278. The van der Waals surface area contributed by atoms with Gasteiger partial charge in [0.05, 0.1) is 12.5 Å². The van der Waals surface area contributed by atoms with E-state index >= 15 is 0 Å². The molecule has 1 fully saturated rings. The van der Waals surface area contributed by atoms with Crippen LogP contribution in [0.15, 0.2) is 0 Å². The second-order valence-electron chi connectivity index (χ2n) is 5.28. The minimum atomic E-state index is 0.921. The average molecular weight is 459 g/mol. The highest BCUT2D eigenvalue weighted by atomic mass is 33.1. The van der Waals surface area contributed by atoms with E-state index in [1.165, 1.54) is 0 Å². The van der Waals surface area contributed by atoms with Gasteiger partial charge in [-0.2, -0.15) is 0 Å². The van der Waals surface area contributed by atoms with Gasteiger partial charge in [-0.25, -0.2) is 0 Å². The zero-order valence-electron chi connectivity index (χ0n) is 16.0. The average Bonchev–Trinajstić information content (AvgIpc) is 2.59. The van der Waals surface area contributed by atoms with E-state index in [4.69, 9.17) is 36.7 Å². The van der Waals surface area contributed by atoms with Gasteiger partial charge in [0, 0.05) is 33.2 Å². The maximum atomic E-state index is 5.34. The molecule has 0 radical (unpaired) electrons. The van der Waals surface area contributed by atoms with Crippen LogP contribution in [0.2, 0.25) is 0 Å². The van der Waals surface area contributed by atoms with E-state index in [2.05, 4.69) is 54.3 Å². The summed E-state index contributed by atoms with van der Waals surface area (Å²) in [4.78, 5) is 8.62. The van der Waals surface area contributed by atoms with Crippen molar-refractivity contribution in [3.8, 4) is 0 Å². The van der Waals surface area contributed by atoms with Crippen molar-refractivity contribution in [2.45, 2.75) is 27.7 Å². The van der Waals surface area contributed by atoms with Crippen molar-refractivity contribution < 1.29 is 0 Å².